The molecule has 0 aromatic rings. The normalized spacial score (nSPS) is 29.8. The summed E-state index contributed by atoms with van der Waals surface area (Å²) in [4.78, 5) is 26.1. The minimum Gasteiger partial charge on any atom is -0.342 e. The second kappa shape index (κ2) is 4.67. The van der Waals surface area contributed by atoms with Gasteiger partial charge in [0.1, 0.15) is 12.1 Å². The number of carbonyl (C=O) groups excluding carboxylic acids is 2. The van der Waals surface area contributed by atoms with Gasteiger partial charge in [-0.1, -0.05) is 13.8 Å². The van der Waals surface area contributed by atoms with Crippen LogP contribution in [0, 0.1) is 11.8 Å². The summed E-state index contributed by atoms with van der Waals surface area (Å²) >= 11 is 0. The predicted octanol–water partition coefficient (Wildman–Crippen LogP) is 1.16. The fourth-order valence-corrected chi connectivity index (χ4v) is 2.59. The summed E-state index contributed by atoms with van der Waals surface area (Å²) in [5.41, 5.74) is 0. The van der Waals surface area contributed by atoms with Crippen LogP contribution in [-0.2, 0) is 9.59 Å². The largest absolute Gasteiger partial charge is 0.342 e. The number of carbonyl (C=O) groups is 2. The van der Waals surface area contributed by atoms with Crippen LogP contribution >= 0.6 is 0 Å². The zero-order chi connectivity index (χ0) is 12.6. The van der Waals surface area contributed by atoms with E-state index in [1.807, 2.05) is 6.92 Å². The summed E-state index contributed by atoms with van der Waals surface area (Å²) in [6.45, 7) is 6.75. The van der Waals surface area contributed by atoms with Crippen molar-refractivity contribution < 1.29 is 9.59 Å². The lowest BCUT2D eigenvalue weighted by Crippen LogP contribution is -2.64. The Morgan fingerprint density at radius 3 is 2.47 bits per heavy atom. The second-order valence-electron chi connectivity index (χ2n) is 5.59. The molecule has 4 heteroatoms. The molecule has 1 saturated heterocycles. The number of nitrogens with zero attached hydrogens (tertiary/aromatic N) is 1. The fourth-order valence-electron chi connectivity index (χ4n) is 2.59. The van der Waals surface area contributed by atoms with Crippen molar-refractivity contribution in [3.63, 3.8) is 0 Å². The number of hydrogen-bond donors (Lipinski definition) is 1. The number of amides is 2. The van der Waals surface area contributed by atoms with Gasteiger partial charge in [0.2, 0.25) is 11.8 Å². The van der Waals surface area contributed by atoms with Gasteiger partial charge in [0.05, 0.1) is 0 Å². The molecule has 2 aliphatic rings. The third-order valence-electron chi connectivity index (χ3n) is 3.65. The highest BCUT2D eigenvalue weighted by Gasteiger charge is 2.46. The third-order valence-corrected chi connectivity index (χ3v) is 3.65. The maximum Gasteiger partial charge on any atom is 0.246 e. The van der Waals surface area contributed by atoms with E-state index in [9.17, 15) is 9.59 Å². The van der Waals surface area contributed by atoms with E-state index >= 15 is 0 Å². The lowest BCUT2D eigenvalue weighted by Gasteiger charge is -2.39. The average Bonchev–Trinajstić information content (AvgIpc) is 3.06. The van der Waals surface area contributed by atoms with Gasteiger partial charge in [-0.05, 0) is 38.0 Å². The molecular weight excluding hydrogens is 216 g/mol. The quantitative estimate of drug-likeness (QED) is 0.799. The maximum absolute atomic E-state index is 12.3. The molecule has 1 saturated carbocycles. The molecule has 1 N–H and O–H groups in total. The molecule has 1 aliphatic carbocycles. The van der Waals surface area contributed by atoms with Crippen molar-refractivity contribution >= 4 is 11.8 Å². The first-order valence-electron chi connectivity index (χ1n) is 6.65. The molecule has 0 spiro atoms. The first-order valence-corrected chi connectivity index (χ1v) is 6.65. The molecule has 2 rings (SSSR count). The topological polar surface area (TPSA) is 49.4 Å². The highest BCUT2D eigenvalue weighted by atomic mass is 16.2. The molecule has 0 aromatic heterocycles. The number of rotatable bonds is 4. The van der Waals surface area contributed by atoms with Gasteiger partial charge < -0.3 is 10.2 Å². The Kier molecular flexibility index (Phi) is 3.40. The lowest BCUT2D eigenvalue weighted by molar-refractivity contribution is -0.150. The van der Waals surface area contributed by atoms with Gasteiger partial charge >= 0.3 is 0 Å². The van der Waals surface area contributed by atoms with Crippen LogP contribution in [0.2, 0.25) is 0 Å². The smallest absolute Gasteiger partial charge is 0.246 e. The Morgan fingerprint density at radius 2 is 2.00 bits per heavy atom. The van der Waals surface area contributed by atoms with Gasteiger partial charge in [-0.25, -0.2) is 0 Å². The van der Waals surface area contributed by atoms with E-state index < -0.39 is 0 Å². The van der Waals surface area contributed by atoms with Gasteiger partial charge in [-0.15, -0.1) is 0 Å². The van der Waals surface area contributed by atoms with Crippen molar-refractivity contribution in [2.45, 2.75) is 52.1 Å². The SMILES string of the molecule is CCN1C(=O)C(C2CC2)NC(=O)C1CC(C)C. The summed E-state index contributed by atoms with van der Waals surface area (Å²) in [6, 6.07) is -0.506. The van der Waals surface area contributed by atoms with Gasteiger partial charge in [0, 0.05) is 6.54 Å². The third kappa shape index (κ3) is 2.45. The van der Waals surface area contributed by atoms with E-state index in [1.165, 1.54) is 0 Å². The van der Waals surface area contributed by atoms with Crippen LogP contribution < -0.4 is 5.32 Å². The Hall–Kier alpha value is -1.06. The van der Waals surface area contributed by atoms with E-state index in [2.05, 4.69) is 19.2 Å². The zero-order valence-electron chi connectivity index (χ0n) is 10.9. The molecule has 17 heavy (non-hydrogen) atoms. The average molecular weight is 238 g/mol. The molecular formula is C13H22N2O2. The molecule has 2 fully saturated rings. The van der Waals surface area contributed by atoms with Crippen molar-refractivity contribution in [3.05, 3.63) is 0 Å². The molecule has 0 aromatic carbocycles. The molecule has 2 amide bonds. The molecule has 1 heterocycles. The summed E-state index contributed by atoms with van der Waals surface area (Å²) in [5.74, 6) is 0.975. The first kappa shape index (κ1) is 12.4. The van der Waals surface area contributed by atoms with Crippen LogP contribution in [0.5, 0.6) is 0 Å². The monoisotopic (exact) mass is 238 g/mol. The first-order chi connectivity index (χ1) is 8.04. The predicted molar refractivity (Wildman–Crippen MR) is 65.3 cm³/mol. The van der Waals surface area contributed by atoms with E-state index in [4.69, 9.17) is 0 Å². The zero-order valence-corrected chi connectivity index (χ0v) is 10.9. The van der Waals surface area contributed by atoms with Gasteiger partial charge in [-0.2, -0.15) is 0 Å². The van der Waals surface area contributed by atoms with E-state index in [0.717, 1.165) is 19.3 Å². The highest BCUT2D eigenvalue weighted by Crippen LogP contribution is 2.35. The van der Waals surface area contributed by atoms with Crippen molar-refractivity contribution in [2.24, 2.45) is 11.8 Å². The van der Waals surface area contributed by atoms with Crippen molar-refractivity contribution in [3.8, 4) is 0 Å². The highest BCUT2D eigenvalue weighted by molar-refractivity contribution is 5.97. The number of hydrogen-bond acceptors (Lipinski definition) is 2. The van der Waals surface area contributed by atoms with E-state index in [1.54, 1.807) is 4.90 Å². The summed E-state index contributed by atoms with van der Waals surface area (Å²) in [5, 5.41) is 2.92. The Balaban J connectivity index is 2.12. The van der Waals surface area contributed by atoms with Gasteiger partial charge in [0.15, 0.2) is 0 Å². The van der Waals surface area contributed by atoms with Gasteiger partial charge in [-0.3, -0.25) is 9.59 Å². The van der Waals surface area contributed by atoms with Crippen molar-refractivity contribution in [2.75, 3.05) is 6.54 Å². The van der Waals surface area contributed by atoms with Crippen molar-refractivity contribution in [1.29, 1.82) is 0 Å². The molecule has 1 aliphatic heterocycles. The summed E-state index contributed by atoms with van der Waals surface area (Å²) in [7, 11) is 0. The summed E-state index contributed by atoms with van der Waals surface area (Å²) < 4.78 is 0. The molecule has 2 unspecified atom stereocenters. The molecule has 96 valence electrons. The number of likely N-dealkylation sites (N-methyl/N-ethyl adjacent to an activating group) is 1. The summed E-state index contributed by atoms with van der Waals surface area (Å²) in [6.07, 6.45) is 2.90. The molecule has 0 radical (unpaired) electrons. The number of nitrogens with one attached hydrogen (secondary N) is 1. The minimum atomic E-state index is -0.262. The standard InChI is InChI=1S/C13H22N2O2/c1-4-15-10(7-8(2)3)12(16)14-11(13(15)17)9-5-6-9/h8-11H,4-7H2,1-3H3,(H,14,16). The molecule has 2 atom stereocenters. The molecule has 4 nitrogen and oxygen atoms in total. The molecule has 0 bridgehead atoms. The second-order valence-corrected chi connectivity index (χ2v) is 5.59. The van der Waals surface area contributed by atoms with Gasteiger partial charge in [0.25, 0.3) is 0 Å². The van der Waals surface area contributed by atoms with Crippen LogP contribution in [0.4, 0.5) is 0 Å². The minimum absolute atomic E-state index is 0.0389. The Bertz CT molecular complexity index is 323. The number of piperazine rings is 1. The lowest BCUT2D eigenvalue weighted by atomic mass is 9.96. The van der Waals surface area contributed by atoms with Crippen LogP contribution in [0.1, 0.15) is 40.0 Å². The van der Waals surface area contributed by atoms with E-state index in [-0.39, 0.29) is 23.9 Å². The van der Waals surface area contributed by atoms with Crippen LogP contribution in [0.15, 0.2) is 0 Å². The van der Waals surface area contributed by atoms with E-state index in [0.29, 0.717) is 18.4 Å². The maximum atomic E-state index is 12.3. The van der Waals surface area contributed by atoms with Crippen molar-refractivity contribution in [1.82, 2.24) is 10.2 Å². The van der Waals surface area contributed by atoms with Crippen LogP contribution in [0.25, 0.3) is 0 Å². The van der Waals surface area contributed by atoms with Crippen LogP contribution in [0.3, 0.4) is 0 Å². The van der Waals surface area contributed by atoms with Crippen LogP contribution in [-0.4, -0.2) is 35.3 Å². The fraction of sp³-hybridized carbons (Fsp3) is 0.846. The Labute approximate surface area is 103 Å². The Morgan fingerprint density at radius 1 is 1.35 bits per heavy atom.